The Balaban J connectivity index is 1.54. The molecule has 0 N–H and O–H groups in total. The van der Waals surface area contributed by atoms with E-state index < -0.39 is 0 Å². The molecule has 0 amide bonds. The van der Waals surface area contributed by atoms with Gasteiger partial charge in [-0.2, -0.15) is 0 Å². The molecule has 1 saturated heterocycles. The van der Waals surface area contributed by atoms with Crippen LogP contribution in [0.2, 0.25) is 0 Å². The predicted octanol–water partition coefficient (Wildman–Crippen LogP) is 5.22. The third-order valence-electron chi connectivity index (χ3n) is 6.00. The Kier molecular flexibility index (Phi) is 5.86. The molecule has 0 bridgehead atoms. The van der Waals surface area contributed by atoms with Crippen molar-refractivity contribution in [2.75, 3.05) is 31.1 Å². The summed E-state index contributed by atoms with van der Waals surface area (Å²) in [6, 6.07) is 10.1. The molecule has 2 heteroatoms. The van der Waals surface area contributed by atoms with E-state index in [0.29, 0.717) is 0 Å². The van der Waals surface area contributed by atoms with Crippen LogP contribution in [-0.4, -0.2) is 37.1 Å². The fourth-order valence-electron chi connectivity index (χ4n) is 4.32. The topological polar surface area (TPSA) is 6.48 Å². The van der Waals surface area contributed by atoms with Gasteiger partial charge in [-0.15, -0.1) is 0 Å². The van der Waals surface area contributed by atoms with Crippen LogP contribution in [0.1, 0.15) is 71.3 Å². The summed E-state index contributed by atoms with van der Waals surface area (Å²) in [7, 11) is 0. The van der Waals surface area contributed by atoms with Crippen molar-refractivity contribution >= 4 is 5.69 Å². The van der Waals surface area contributed by atoms with Gasteiger partial charge in [-0.05, 0) is 36.0 Å². The summed E-state index contributed by atoms with van der Waals surface area (Å²) in [5.41, 5.74) is 3.08. The van der Waals surface area contributed by atoms with Crippen molar-refractivity contribution in [3.05, 3.63) is 29.8 Å². The Morgan fingerprint density at radius 2 is 1.29 bits per heavy atom. The number of hydrogen-bond acceptors (Lipinski definition) is 2. The molecule has 2 nitrogen and oxygen atoms in total. The molecule has 2 aliphatic rings. The van der Waals surface area contributed by atoms with Gasteiger partial charge in [0.05, 0.1) is 0 Å². The third-order valence-corrected chi connectivity index (χ3v) is 6.00. The average Bonchev–Trinajstić information content (AvgIpc) is 2.54. The lowest BCUT2D eigenvalue weighted by Crippen LogP contribution is -2.50. The zero-order valence-electron chi connectivity index (χ0n) is 16.1. The highest BCUT2D eigenvalue weighted by Crippen LogP contribution is 2.27. The van der Waals surface area contributed by atoms with Crippen molar-refractivity contribution in [2.24, 2.45) is 0 Å². The SMILES string of the molecule is CC(C)(C)c1ccc(N2CCN(C3CCCCCCC3)CC2)cc1. The molecule has 1 heterocycles. The van der Waals surface area contributed by atoms with Crippen LogP contribution in [0.15, 0.2) is 24.3 Å². The van der Waals surface area contributed by atoms with Gasteiger partial charge in [0.1, 0.15) is 0 Å². The van der Waals surface area contributed by atoms with Crippen LogP contribution >= 0.6 is 0 Å². The predicted molar refractivity (Wildman–Crippen MR) is 105 cm³/mol. The van der Waals surface area contributed by atoms with Crippen molar-refractivity contribution in [1.82, 2.24) is 4.90 Å². The molecule has 1 aromatic carbocycles. The maximum atomic E-state index is 2.78. The van der Waals surface area contributed by atoms with Crippen LogP contribution in [0.5, 0.6) is 0 Å². The van der Waals surface area contributed by atoms with Crippen LogP contribution in [0, 0.1) is 0 Å². The van der Waals surface area contributed by atoms with Crippen LogP contribution < -0.4 is 4.90 Å². The fraction of sp³-hybridized carbons (Fsp3) is 0.727. The average molecular weight is 329 g/mol. The van der Waals surface area contributed by atoms with Crippen molar-refractivity contribution in [1.29, 1.82) is 0 Å². The molecule has 1 aromatic rings. The maximum absolute atomic E-state index is 2.78. The van der Waals surface area contributed by atoms with E-state index in [9.17, 15) is 0 Å². The summed E-state index contributed by atoms with van der Waals surface area (Å²) in [6.45, 7) is 11.7. The van der Waals surface area contributed by atoms with E-state index in [-0.39, 0.29) is 5.41 Å². The highest BCUT2D eigenvalue weighted by atomic mass is 15.3. The number of benzene rings is 1. The molecule has 3 rings (SSSR count). The summed E-state index contributed by atoms with van der Waals surface area (Å²) < 4.78 is 0. The Morgan fingerprint density at radius 1 is 0.750 bits per heavy atom. The summed E-state index contributed by atoms with van der Waals surface area (Å²) in [4.78, 5) is 5.36. The summed E-state index contributed by atoms with van der Waals surface area (Å²) in [5, 5.41) is 0. The lowest BCUT2D eigenvalue weighted by molar-refractivity contribution is 0.157. The number of anilines is 1. The minimum absolute atomic E-state index is 0.245. The van der Waals surface area contributed by atoms with E-state index in [1.54, 1.807) is 0 Å². The standard InChI is InChI=1S/C22H36N2/c1-22(2,3)19-11-13-21(14-12-19)24-17-15-23(16-18-24)20-9-7-5-4-6-8-10-20/h11-14,20H,4-10,15-18H2,1-3H3. The first kappa shape index (κ1) is 17.8. The fourth-order valence-corrected chi connectivity index (χ4v) is 4.32. The van der Waals surface area contributed by atoms with Gasteiger partial charge in [-0.25, -0.2) is 0 Å². The quantitative estimate of drug-likeness (QED) is 0.734. The molecule has 0 atom stereocenters. The lowest BCUT2D eigenvalue weighted by Gasteiger charge is -2.41. The molecule has 24 heavy (non-hydrogen) atoms. The molecule has 0 aromatic heterocycles. The highest BCUT2D eigenvalue weighted by molar-refractivity contribution is 5.49. The van der Waals surface area contributed by atoms with E-state index in [4.69, 9.17) is 0 Å². The second-order valence-electron chi connectivity index (χ2n) is 8.82. The van der Waals surface area contributed by atoms with Crippen molar-refractivity contribution < 1.29 is 0 Å². The first-order valence-corrected chi connectivity index (χ1v) is 10.1. The third kappa shape index (κ3) is 4.53. The van der Waals surface area contributed by atoms with Crippen molar-refractivity contribution in [3.63, 3.8) is 0 Å². The Labute approximate surface area is 149 Å². The number of piperazine rings is 1. The second kappa shape index (κ2) is 7.91. The highest BCUT2D eigenvalue weighted by Gasteiger charge is 2.24. The van der Waals surface area contributed by atoms with E-state index >= 15 is 0 Å². The summed E-state index contributed by atoms with van der Waals surface area (Å²) in [5.74, 6) is 0. The molecule has 1 aliphatic carbocycles. The Morgan fingerprint density at radius 3 is 1.83 bits per heavy atom. The Hall–Kier alpha value is -1.02. The smallest absolute Gasteiger partial charge is 0.0367 e. The molecule has 0 spiro atoms. The molecular weight excluding hydrogens is 292 g/mol. The molecule has 0 unspecified atom stereocenters. The van der Waals surface area contributed by atoms with Gasteiger partial charge in [0.2, 0.25) is 0 Å². The molecule has 1 saturated carbocycles. The maximum Gasteiger partial charge on any atom is 0.0367 e. The molecule has 0 radical (unpaired) electrons. The van der Waals surface area contributed by atoms with E-state index in [2.05, 4.69) is 54.8 Å². The van der Waals surface area contributed by atoms with E-state index in [1.165, 1.54) is 82.4 Å². The molecule has 134 valence electrons. The summed E-state index contributed by atoms with van der Waals surface area (Å²) in [6.07, 6.45) is 10.1. The monoisotopic (exact) mass is 328 g/mol. The van der Waals surface area contributed by atoms with Crippen LogP contribution in [0.4, 0.5) is 5.69 Å². The number of hydrogen-bond donors (Lipinski definition) is 0. The van der Waals surface area contributed by atoms with Gasteiger partial charge in [0.25, 0.3) is 0 Å². The Bertz CT molecular complexity index is 484. The number of rotatable bonds is 2. The van der Waals surface area contributed by atoms with Crippen LogP contribution in [-0.2, 0) is 5.41 Å². The minimum Gasteiger partial charge on any atom is -0.369 e. The molecule has 2 fully saturated rings. The zero-order valence-corrected chi connectivity index (χ0v) is 16.1. The van der Waals surface area contributed by atoms with Gasteiger partial charge in [-0.1, -0.05) is 65.0 Å². The van der Waals surface area contributed by atoms with Crippen molar-refractivity contribution in [2.45, 2.75) is 77.2 Å². The molecule has 1 aliphatic heterocycles. The zero-order chi connectivity index (χ0) is 17.0. The van der Waals surface area contributed by atoms with Gasteiger partial charge in [-0.3, -0.25) is 4.90 Å². The molecular formula is C22H36N2. The van der Waals surface area contributed by atoms with Crippen LogP contribution in [0.25, 0.3) is 0 Å². The summed E-state index contributed by atoms with van der Waals surface area (Å²) >= 11 is 0. The van der Waals surface area contributed by atoms with Gasteiger partial charge < -0.3 is 4.90 Å². The van der Waals surface area contributed by atoms with Gasteiger partial charge in [0, 0.05) is 37.9 Å². The first-order chi connectivity index (χ1) is 11.5. The van der Waals surface area contributed by atoms with Gasteiger partial charge >= 0.3 is 0 Å². The first-order valence-electron chi connectivity index (χ1n) is 10.1. The van der Waals surface area contributed by atoms with E-state index in [1.807, 2.05) is 0 Å². The van der Waals surface area contributed by atoms with Crippen LogP contribution in [0.3, 0.4) is 0 Å². The van der Waals surface area contributed by atoms with Crippen molar-refractivity contribution in [3.8, 4) is 0 Å². The number of nitrogens with zero attached hydrogens (tertiary/aromatic N) is 2. The van der Waals surface area contributed by atoms with E-state index in [0.717, 1.165) is 6.04 Å². The minimum atomic E-state index is 0.245. The largest absolute Gasteiger partial charge is 0.369 e. The second-order valence-corrected chi connectivity index (χ2v) is 8.82. The van der Waals surface area contributed by atoms with Gasteiger partial charge in [0.15, 0.2) is 0 Å². The normalized spacial score (nSPS) is 22.2. The lowest BCUT2D eigenvalue weighted by atomic mass is 9.87.